The van der Waals surface area contributed by atoms with E-state index in [0.29, 0.717) is 12.5 Å². The number of halogens is 1. The maximum atomic E-state index is 6.17. The van der Waals surface area contributed by atoms with Crippen molar-refractivity contribution in [2.24, 2.45) is 18.0 Å². The van der Waals surface area contributed by atoms with Crippen molar-refractivity contribution in [3.8, 4) is 0 Å². The van der Waals surface area contributed by atoms with E-state index >= 15 is 0 Å². The van der Waals surface area contributed by atoms with E-state index in [1.165, 1.54) is 11.3 Å². The van der Waals surface area contributed by atoms with E-state index in [1.54, 1.807) is 18.1 Å². The lowest BCUT2D eigenvalue weighted by Gasteiger charge is -2.21. The molecule has 26 heavy (non-hydrogen) atoms. The van der Waals surface area contributed by atoms with Gasteiger partial charge in [0.1, 0.15) is 12.2 Å². The average Bonchev–Trinajstić information content (AvgIpc) is 3.26. The van der Waals surface area contributed by atoms with Gasteiger partial charge in [0.15, 0.2) is 5.96 Å². The van der Waals surface area contributed by atoms with Crippen molar-refractivity contribution in [3.05, 3.63) is 40.9 Å². The summed E-state index contributed by atoms with van der Waals surface area (Å²) in [6, 6.07) is 6.10. The maximum Gasteiger partial charge on any atom is 0.191 e. The van der Waals surface area contributed by atoms with Crippen LogP contribution in [0.5, 0.6) is 0 Å². The van der Waals surface area contributed by atoms with Crippen LogP contribution in [0.3, 0.4) is 0 Å². The van der Waals surface area contributed by atoms with E-state index in [0.717, 1.165) is 42.9 Å². The molecule has 1 aromatic carbocycles. The molecule has 1 aliphatic heterocycles. The molecule has 1 aliphatic rings. The number of aromatic nitrogens is 3. The average molecular weight is 376 g/mol. The number of aryl methyl sites for hydroxylation is 2. The summed E-state index contributed by atoms with van der Waals surface area (Å²) in [5.74, 6) is 2.23. The van der Waals surface area contributed by atoms with Gasteiger partial charge in [-0.1, -0.05) is 17.7 Å². The summed E-state index contributed by atoms with van der Waals surface area (Å²) in [6.07, 6.45) is 2.71. The van der Waals surface area contributed by atoms with Gasteiger partial charge in [-0.05, 0) is 37.0 Å². The molecule has 1 fully saturated rings. The van der Waals surface area contributed by atoms with Gasteiger partial charge in [-0.15, -0.1) is 0 Å². The van der Waals surface area contributed by atoms with Gasteiger partial charge in [-0.2, -0.15) is 5.10 Å². The molecule has 0 saturated carbocycles. The predicted octanol–water partition coefficient (Wildman–Crippen LogP) is 1.97. The fraction of sp³-hybridized carbons (Fsp3) is 0.500. The highest BCUT2D eigenvalue weighted by Gasteiger charge is 2.24. The summed E-state index contributed by atoms with van der Waals surface area (Å²) in [6.45, 7) is 5.69. The summed E-state index contributed by atoms with van der Waals surface area (Å²) in [5, 5.41) is 11.6. The second kappa shape index (κ2) is 8.40. The van der Waals surface area contributed by atoms with Crippen molar-refractivity contribution in [1.82, 2.24) is 25.4 Å². The first kappa shape index (κ1) is 18.5. The standard InChI is InChI=1S/C18H26ClN7/c1-13-4-5-15(19)8-16(13)26-7-6-14(11-26)9-21-18(20-2)22-10-17-23-12-24-25(17)3/h4-5,8,12,14H,6-7,9-11H2,1-3H3,(H2,20,21,22). The minimum absolute atomic E-state index is 0.571. The van der Waals surface area contributed by atoms with Crippen LogP contribution in [0.4, 0.5) is 5.69 Å². The number of nitrogens with zero attached hydrogens (tertiary/aromatic N) is 5. The van der Waals surface area contributed by atoms with Crippen molar-refractivity contribution < 1.29 is 0 Å². The molecule has 1 saturated heterocycles. The molecular weight excluding hydrogens is 350 g/mol. The number of guanidine groups is 1. The van der Waals surface area contributed by atoms with Crippen LogP contribution in [0.1, 0.15) is 17.8 Å². The van der Waals surface area contributed by atoms with E-state index in [-0.39, 0.29) is 0 Å². The lowest BCUT2D eigenvalue weighted by atomic mass is 10.1. The monoisotopic (exact) mass is 375 g/mol. The highest BCUT2D eigenvalue weighted by atomic mass is 35.5. The number of hydrogen-bond donors (Lipinski definition) is 2. The maximum absolute atomic E-state index is 6.17. The molecule has 1 atom stereocenters. The Balaban J connectivity index is 1.49. The minimum atomic E-state index is 0.571. The smallest absolute Gasteiger partial charge is 0.191 e. The molecule has 0 amide bonds. The Kier molecular flexibility index (Phi) is 5.98. The van der Waals surface area contributed by atoms with Crippen molar-refractivity contribution in [3.63, 3.8) is 0 Å². The molecule has 7 nitrogen and oxygen atoms in total. The number of anilines is 1. The second-order valence-corrected chi connectivity index (χ2v) is 7.07. The van der Waals surface area contributed by atoms with Crippen LogP contribution in [0, 0.1) is 12.8 Å². The van der Waals surface area contributed by atoms with Gasteiger partial charge in [0.25, 0.3) is 0 Å². The quantitative estimate of drug-likeness (QED) is 0.617. The van der Waals surface area contributed by atoms with E-state index in [4.69, 9.17) is 11.6 Å². The van der Waals surface area contributed by atoms with Gasteiger partial charge >= 0.3 is 0 Å². The van der Waals surface area contributed by atoms with Crippen LogP contribution >= 0.6 is 11.6 Å². The van der Waals surface area contributed by atoms with E-state index in [9.17, 15) is 0 Å². The van der Waals surface area contributed by atoms with Crippen molar-refractivity contribution in [1.29, 1.82) is 0 Å². The Morgan fingerprint density at radius 2 is 2.23 bits per heavy atom. The molecule has 1 unspecified atom stereocenters. The number of aliphatic imine (C=N–C) groups is 1. The van der Waals surface area contributed by atoms with E-state index in [2.05, 4.69) is 49.7 Å². The lowest BCUT2D eigenvalue weighted by molar-refractivity contribution is 0.564. The molecule has 0 aliphatic carbocycles. The number of nitrogens with one attached hydrogen (secondary N) is 2. The Morgan fingerprint density at radius 1 is 1.38 bits per heavy atom. The van der Waals surface area contributed by atoms with Gasteiger partial charge in [-0.25, -0.2) is 4.98 Å². The predicted molar refractivity (Wildman–Crippen MR) is 106 cm³/mol. The first-order chi connectivity index (χ1) is 12.6. The Morgan fingerprint density at radius 3 is 2.96 bits per heavy atom. The van der Waals surface area contributed by atoms with Gasteiger partial charge in [0.2, 0.25) is 0 Å². The molecule has 2 aromatic rings. The molecule has 8 heteroatoms. The Bertz CT molecular complexity index is 771. The summed E-state index contributed by atoms with van der Waals surface area (Å²) in [5.41, 5.74) is 2.51. The molecule has 0 spiro atoms. The van der Waals surface area contributed by atoms with Crippen LogP contribution in [0.2, 0.25) is 5.02 Å². The molecule has 0 bridgehead atoms. The van der Waals surface area contributed by atoms with Gasteiger partial charge in [-0.3, -0.25) is 9.67 Å². The van der Waals surface area contributed by atoms with Crippen LogP contribution in [-0.4, -0.2) is 47.4 Å². The Labute approximate surface area is 159 Å². The van der Waals surface area contributed by atoms with E-state index in [1.807, 2.05) is 13.1 Å². The molecule has 140 valence electrons. The third kappa shape index (κ3) is 4.46. The summed E-state index contributed by atoms with van der Waals surface area (Å²) < 4.78 is 1.75. The highest BCUT2D eigenvalue weighted by Crippen LogP contribution is 2.29. The van der Waals surface area contributed by atoms with Crippen LogP contribution < -0.4 is 15.5 Å². The zero-order chi connectivity index (χ0) is 18.5. The van der Waals surface area contributed by atoms with Gasteiger partial charge in [0.05, 0.1) is 6.54 Å². The Hall–Kier alpha value is -2.28. The number of benzene rings is 1. The van der Waals surface area contributed by atoms with Crippen molar-refractivity contribution in [2.45, 2.75) is 19.9 Å². The zero-order valence-electron chi connectivity index (χ0n) is 15.5. The van der Waals surface area contributed by atoms with Crippen molar-refractivity contribution >= 4 is 23.2 Å². The molecular formula is C18H26ClN7. The molecule has 2 N–H and O–H groups in total. The fourth-order valence-electron chi connectivity index (χ4n) is 3.25. The molecule has 1 aromatic heterocycles. The van der Waals surface area contributed by atoms with E-state index < -0.39 is 0 Å². The highest BCUT2D eigenvalue weighted by molar-refractivity contribution is 6.30. The SMILES string of the molecule is CN=C(NCc1ncnn1C)NCC1CCN(c2cc(Cl)ccc2C)C1. The first-order valence-corrected chi connectivity index (χ1v) is 9.23. The van der Waals surface area contributed by atoms with Crippen LogP contribution in [0.15, 0.2) is 29.5 Å². The summed E-state index contributed by atoms with van der Waals surface area (Å²) in [4.78, 5) is 10.9. The van der Waals surface area contributed by atoms with Crippen LogP contribution in [-0.2, 0) is 13.6 Å². The van der Waals surface area contributed by atoms with Crippen molar-refractivity contribution in [2.75, 3.05) is 31.6 Å². The normalized spacial score (nSPS) is 17.6. The molecule has 0 radical (unpaired) electrons. The molecule has 3 rings (SSSR count). The molecule has 2 heterocycles. The summed E-state index contributed by atoms with van der Waals surface area (Å²) >= 11 is 6.17. The van der Waals surface area contributed by atoms with Gasteiger partial charge < -0.3 is 15.5 Å². The summed E-state index contributed by atoms with van der Waals surface area (Å²) in [7, 11) is 3.66. The first-order valence-electron chi connectivity index (χ1n) is 8.85. The third-order valence-corrected chi connectivity index (χ3v) is 5.03. The third-order valence-electron chi connectivity index (χ3n) is 4.80. The minimum Gasteiger partial charge on any atom is -0.371 e. The lowest BCUT2D eigenvalue weighted by Crippen LogP contribution is -2.40. The second-order valence-electron chi connectivity index (χ2n) is 6.64. The largest absolute Gasteiger partial charge is 0.371 e. The number of hydrogen-bond acceptors (Lipinski definition) is 4. The number of rotatable bonds is 5. The fourth-order valence-corrected chi connectivity index (χ4v) is 3.41. The topological polar surface area (TPSA) is 70.4 Å². The van der Waals surface area contributed by atoms with Gasteiger partial charge in [0, 0.05) is 44.4 Å². The van der Waals surface area contributed by atoms with Crippen LogP contribution in [0.25, 0.3) is 0 Å². The zero-order valence-corrected chi connectivity index (χ0v) is 16.3.